The van der Waals surface area contributed by atoms with Gasteiger partial charge in [-0.1, -0.05) is 35.6 Å². The molecule has 0 bridgehead atoms. The van der Waals surface area contributed by atoms with Crippen LogP contribution >= 0.6 is 23.1 Å². The lowest BCUT2D eigenvalue weighted by Crippen LogP contribution is -2.40. The highest BCUT2D eigenvalue weighted by Crippen LogP contribution is 2.46. The summed E-state index contributed by atoms with van der Waals surface area (Å²) < 4.78 is 12.9. The fourth-order valence-corrected chi connectivity index (χ4v) is 4.85. The zero-order valence-electron chi connectivity index (χ0n) is 15.4. The molecular weight excluding hydrogens is 396 g/mol. The number of rotatable bonds is 7. The van der Waals surface area contributed by atoms with E-state index < -0.39 is 5.79 Å². The van der Waals surface area contributed by atoms with Gasteiger partial charge in [0.2, 0.25) is 11.0 Å². The van der Waals surface area contributed by atoms with Crippen LogP contribution in [0.4, 0.5) is 10.8 Å². The highest BCUT2D eigenvalue weighted by atomic mass is 32.2. The maximum atomic E-state index is 12.3. The van der Waals surface area contributed by atoms with Gasteiger partial charge in [0, 0.05) is 31.1 Å². The van der Waals surface area contributed by atoms with Crippen molar-refractivity contribution in [2.45, 2.75) is 42.2 Å². The lowest BCUT2D eigenvalue weighted by atomic mass is 9.94. The quantitative estimate of drug-likeness (QED) is 0.512. The molecule has 1 saturated carbocycles. The molecule has 0 radical (unpaired) electrons. The van der Waals surface area contributed by atoms with E-state index in [4.69, 9.17) is 9.47 Å². The van der Waals surface area contributed by atoms with Crippen molar-refractivity contribution in [3.63, 3.8) is 0 Å². The van der Waals surface area contributed by atoms with Gasteiger partial charge < -0.3 is 20.1 Å². The summed E-state index contributed by atoms with van der Waals surface area (Å²) in [7, 11) is 0. The van der Waals surface area contributed by atoms with Gasteiger partial charge >= 0.3 is 0 Å². The minimum absolute atomic E-state index is 0.105. The molecule has 28 heavy (non-hydrogen) atoms. The third-order valence-corrected chi connectivity index (χ3v) is 6.58. The highest BCUT2D eigenvalue weighted by Gasteiger charge is 2.42. The number of anilines is 2. The van der Waals surface area contributed by atoms with E-state index in [2.05, 4.69) is 27.4 Å². The van der Waals surface area contributed by atoms with Gasteiger partial charge in [-0.3, -0.25) is 4.79 Å². The van der Waals surface area contributed by atoms with E-state index in [0.717, 1.165) is 40.9 Å². The fourth-order valence-electron chi connectivity index (χ4n) is 3.29. The van der Waals surface area contributed by atoms with Crippen LogP contribution in [0.3, 0.4) is 0 Å². The van der Waals surface area contributed by atoms with Crippen LogP contribution in [0.2, 0.25) is 0 Å². The molecule has 9 heteroatoms. The standard InChI is InChI=1S/C19H22N4O3S2/c1-2-10-20-17-22-23-18(28-17)27-12-16(24)21-13-6-7-14-15(11-13)26-19(25-14)8-4-3-5-9-19/h2,6-7,11H,1,3-5,8-10,12H2,(H,20,22)(H,21,24). The topological polar surface area (TPSA) is 85.4 Å². The molecule has 0 saturated heterocycles. The molecule has 0 atom stereocenters. The smallest absolute Gasteiger partial charge is 0.251 e. The Bertz CT molecular complexity index is 865. The molecule has 1 aromatic heterocycles. The van der Waals surface area contributed by atoms with Gasteiger partial charge in [0.1, 0.15) is 0 Å². The van der Waals surface area contributed by atoms with Crippen molar-refractivity contribution in [3.8, 4) is 11.5 Å². The second kappa shape index (κ2) is 8.40. The molecule has 1 aromatic carbocycles. The normalized spacial score (nSPS) is 16.7. The summed E-state index contributed by atoms with van der Waals surface area (Å²) in [6.45, 7) is 4.28. The zero-order valence-corrected chi connectivity index (χ0v) is 17.0. The van der Waals surface area contributed by atoms with Gasteiger partial charge in [-0.25, -0.2) is 0 Å². The first-order valence-corrected chi connectivity index (χ1v) is 11.1. The van der Waals surface area contributed by atoms with E-state index in [0.29, 0.717) is 18.0 Å². The number of amides is 1. The number of hydrogen-bond acceptors (Lipinski definition) is 8. The molecule has 2 N–H and O–H groups in total. The predicted octanol–water partition coefficient (Wildman–Crippen LogP) is 4.30. The van der Waals surface area contributed by atoms with Crippen LogP contribution in [0.1, 0.15) is 32.1 Å². The molecule has 4 rings (SSSR count). The first-order valence-electron chi connectivity index (χ1n) is 9.29. The van der Waals surface area contributed by atoms with E-state index >= 15 is 0 Å². The summed E-state index contributed by atoms with van der Waals surface area (Å²) in [4.78, 5) is 12.3. The van der Waals surface area contributed by atoms with Crippen LogP contribution in [-0.4, -0.2) is 34.2 Å². The molecule has 148 valence electrons. The van der Waals surface area contributed by atoms with Gasteiger partial charge in [-0.2, -0.15) is 0 Å². The minimum atomic E-state index is -0.506. The second-order valence-electron chi connectivity index (χ2n) is 6.72. The predicted molar refractivity (Wildman–Crippen MR) is 111 cm³/mol. The van der Waals surface area contributed by atoms with Gasteiger partial charge in [0.25, 0.3) is 5.79 Å². The average molecular weight is 419 g/mol. The summed E-state index contributed by atoms with van der Waals surface area (Å²) in [5.41, 5.74) is 0.700. The number of aromatic nitrogens is 2. The summed E-state index contributed by atoms with van der Waals surface area (Å²) in [5, 5.41) is 14.8. The van der Waals surface area contributed by atoms with Crippen molar-refractivity contribution in [3.05, 3.63) is 30.9 Å². The SMILES string of the molecule is C=CCNc1nnc(SCC(=O)Nc2ccc3c(c2)OC2(CCCCC2)O3)s1. The molecule has 2 aromatic rings. The third-order valence-electron chi connectivity index (χ3n) is 4.57. The van der Waals surface area contributed by atoms with Crippen molar-refractivity contribution in [1.29, 1.82) is 0 Å². The molecule has 1 fully saturated rings. The Hall–Kier alpha value is -2.26. The first-order chi connectivity index (χ1) is 13.7. The molecule has 2 aliphatic rings. The number of carbonyl (C=O) groups is 1. The molecular formula is C19H22N4O3S2. The van der Waals surface area contributed by atoms with Crippen LogP contribution in [0.25, 0.3) is 0 Å². The Morgan fingerprint density at radius 3 is 2.89 bits per heavy atom. The minimum Gasteiger partial charge on any atom is -0.448 e. The number of fused-ring (bicyclic) bond motifs is 1. The zero-order chi connectivity index (χ0) is 19.4. The van der Waals surface area contributed by atoms with Crippen molar-refractivity contribution in [2.24, 2.45) is 0 Å². The maximum absolute atomic E-state index is 12.3. The second-order valence-corrected chi connectivity index (χ2v) is 8.92. The number of ether oxygens (including phenoxy) is 2. The van der Waals surface area contributed by atoms with Crippen molar-refractivity contribution in [1.82, 2.24) is 10.2 Å². The van der Waals surface area contributed by atoms with Crippen LogP contribution in [-0.2, 0) is 4.79 Å². The number of nitrogens with one attached hydrogen (secondary N) is 2. The van der Waals surface area contributed by atoms with Crippen molar-refractivity contribution >= 4 is 39.8 Å². The Morgan fingerprint density at radius 1 is 1.25 bits per heavy atom. The number of hydrogen-bond donors (Lipinski definition) is 2. The van der Waals surface area contributed by atoms with Crippen molar-refractivity contribution in [2.75, 3.05) is 22.9 Å². The van der Waals surface area contributed by atoms with Gasteiger partial charge in [-0.05, 0) is 25.0 Å². The average Bonchev–Trinajstić information content (AvgIpc) is 3.29. The fraction of sp³-hybridized carbons (Fsp3) is 0.421. The molecule has 1 amide bonds. The third kappa shape index (κ3) is 4.41. The number of carbonyl (C=O) groups excluding carboxylic acids is 1. The van der Waals surface area contributed by atoms with Crippen LogP contribution in [0, 0.1) is 0 Å². The first kappa shape index (κ1) is 19.1. The highest BCUT2D eigenvalue weighted by molar-refractivity contribution is 8.01. The van der Waals surface area contributed by atoms with Gasteiger partial charge in [0.05, 0.1) is 5.75 Å². The number of nitrogens with zero attached hydrogens (tertiary/aromatic N) is 2. The molecule has 1 aliphatic carbocycles. The van der Waals surface area contributed by atoms with Crippen LogP contribution < -0.4 is 20.1 Å². The Labute approximate surface area is 171 Å². The van der Waals surface area contributed by atoms with Gasteiger partial charge in [-0.15, -0.1) is 16.8 Å². The van der Waals surface area contributed by atoms with Crippen LogP contribution in [0.5, 0.6) is 11.5 Å². The summed E-state index contributed by atoms with van der Waals surface area (Å²) in [5.74, 6) is 1.10. The number of thioether (sulfide) groups is 1. The lowest BCUT2D eigenvalue weighted by molar-refractivity contribution is -0.113. The molecule has 2 heterocycles. The Morgan fingerprint density at radius 2 is 2.07 bits per heavy atom. The van der Waals surface area contributed by atoms with Crippen LogP contribution in [0.15, 0.2) is 35.2 Å². The monoisotopic (exact) mass is 418 g/mol. The molecule has 7 nitrogen and oxygen atoms in total. The number of benzene rings is 1. The molecule has 1 spiro atoms. The Kier molecular flexibility index (Phi) is 5.72. The molecule has 1 aliphatic heterocycles. The molecule has 0 unspecified atom stereocenters. The summed E-state index contributed by atoms with van der Waals surface area (Å²) in [6.07, 6.45) is 7.03. The van der Waals surface area contributed by atoms with E-state index in [9.17, 15) is 4.79 Å². The maximum Gasteiger partial charge on any atom is 0.251 e. The van der Waals surface area contributed by atoms with E-state index in [1.54, 1.807) is 6.08 Å². The summed E-state index contributed by atoms with van der Waals surface area (Å²) >= 11 is 2.77. The van der Waals surface area contributed by atoms with Gasteiger partial charge in [0.15, 0.2) is 15.8 Å². The van der Waals surface area contributed by atoms with Crippen molar-refractivity contribution < 1.29 is 14.3 Å². The lowest BCUT2D eigenvalue weighted by Gasteiger charge is -2.31. The van der Waals surface area contributed by atoms with E-state index in [-0.39, 0.29) is 11.7 Å². The van der Waals surface area contributed by atoms with E-state index in [1.165, 1.54) is 29.5 Å². The summed E-state index contributed by atoms with van der Waals surface area (Å²) in [6, 6.07) is 5.54. The van der Waals surface area contributed by atoms with E-state index in [1.807, 2.05) is 18.2 Å². The Balaban J connectivity index is 1.30. The largest absolute Gasteiger partial charge is 0.448 e.